The molecule has 0 saturated heterocycles. The normalized spacial score (nSPS) is 13.8. The zero-order valence-electron chi connectivity index (χ0n) is 12.5. The Morgan fingerprint density at radius 3 is 2.68 bits per heavy atom. The van der Waals surface area contributed by atoms with E-state index in [1.165, 1.54) is 11.6 Å². The molecule has 1 aromatic carbocycles. The lowest BCUT2D eigenvalue weighted by Gasteiger charge is -2.11. The molecular formula is C14H17N3O4S. The van der Waals surface area contributed by atoms with Crippen LogP contribution in [0.2, 0.25) is 0 Å². The van der Waals surface area contributed by atoms with Crippen LogP contribution in [0.25, 0.3) is 0 Å². The van der Waals surface area contributed by atoms with Crippen molar-refractivity contribution in [1.82, 2.24) is 9.55 Å². The second kappa shape index (κ2) is 6.37. The Kier molecular flexibility index (Phi) is 4.72. The van der Waals surface area contributed by atoms with E-state index in [9.17, 15) is 19.4 Å². The van der Waals surface area contributed by atoms with Crippen LogP contribution in [0.3, 0.4) is 0 Å². The fourth-order valence-electron chi connectivity index (χ4n) is 2.24. The van der Waals surface area contributed by atoms with Gasteiger partial charge < -0.3 is 15.2 Å². The molecule has 0 aliphatic heterocycles. The van der Waals surface area contributed by atoms with Gasteiger partial charge in [-0.2, -0.15) is 0 Å². The van der Waals surface area contributed by atoms with Crippen LogP contribution >= 0.6 is 0 Å². The third-order valence-corrected chi connectivity index (χ3v) is 4.93. The van der Waals surface area contributed by atoms with Gasteiger partial charge in [-0.3, -0.25) is 4.21 Å². The largest absolute Gasteiger partial charge is 0.378 e. The predicted molar refractivity (Wildman–Crippen MR) is 82.1 cm³/mol. The monoisotopic (exact) mass is 323 g/mol. The van der Waals surface area contributed by atoms with Gasteiger partial charge in [0.05, 0.1) is 17.8 Å². The lowest BCUT2D eigenvalue weighted by Crippen LogP contribution is -2.09. The first-order chi connectivity index (χ1) is 10.4. The molecule has 0 spiro atoms. The van der Waals surface area contributed by atoms with E-state index in [0.29, 0.717) is 11.3 Å². The lowest BCUT2D eigenvalue weighted by molar-refractivity contribution is -0.391. The van der Waals surface area contributed by atoms with Gasteiger partial charge in [0.1, 0.15) is 6.20 Å². The zero-order valence-corrected chi connectivity index (χ0v) is 13.3. The zero-order chi connectivity index (χ0) is 16.4. The highest BCUT2D eigenvalue weighted by Crippen LogP contribution is 2.26. The maximum atomic E-state index is 11.9. The Hall–Kier alpha value is -2.06. The minimum absolute atomic E-state index is 0.186. The molecule has 0 saturated carbocycles. The topological polar surface area (TPSA) is 98.3 Å². The molecule has 1 aromatic heterocycles. The number of nitro groups is 1. The molecule has 1 N–H and O–H groups in total. The molecular weight excluding hydrogens is 306 g/mol. The summed E-state index contributed by atoms with van der Waals surface area (Å²) < 4.78 is 13.1. The van der Waals surface area contributed by atoms with E-state index < -0.39 is 21.8 Å². The van der Waals surface area contributed by atoms with Crippen molar-refractivity contribution in [2.45, 2.75) is 24.8 Å². The maximum Gasteiger partial charge on any atom is 0.342 e. The van der Waals surface area contributed by atoms with E-state index >= 15 is 0 Å². The SMILES string of the molecule is CCS(=O)c1ccc(C(O)c2ncc([N+](=O)[O-])n2C)cc1C. The summed E-state index contributed by atoms with van der Waals surface area (Å²) in [5.74, 6) is 0.527. The van der Waals surface area contributed by atoms with Crippen LogP contribution in [0.5, 0.6) is 0 Å². The van der Waals surface area contributed by atoms with Crippen molar-refractivity contribution in [2.75, 3.05) is 5.75 Å². The maximum absolute atomic E-state index is 11.9. The fraction of sp³-hybridized carbons (Fsp3) is 0.357. The number of aliphatic hydroxyl groups excluding tert-OH is 1. The molecule has 7 nitrogen and oxygen atoms in total. The Morgan fingerprint density at radius 2 is 2.18 bits per heavy atom. The molecule has 0 fully saturated rings. The van der Waals surface area contributed by atoms with Gasteiger partial charge in [-0.1, -0.05) is 19.1 Å². The first kappa shape index (κ1) is 16.3. The van der Waals surface area contributed by atoms with Crippen LogP contribution in [-0.4, -0.2) is 29.5 Å². The number of rotatable bonds is 5. The van der Waals surface area contributed by atoms with Crippen LogP contribution in [0.15, 0.2) is 29.3 Å². The fourth-order valence-corrected chi connectivity index (χ4v) is 3.19. The van der Waals surface area contributed by atoms with Crippen LogP contribution in [0.1, 0.15) is 30.0 Å². The van der Waals surface area contributed by atoms with E-state index in [-0.39, 0.29) is 11.6 Å². The van der Waals surface area contributed by atoms with Gasteiger partial charge in [-0.05, 0) is 29.0 Å². The highest BCUT2D eigenvalue weighted by Gasteiger charge is 2.24. The number of aromatic nitrogens is 2. The highest BCUT2D eigenvalue weighted by atomic mass is 32.2. The molecule has 0 aliphatic carbocycles. The minimum Gasteiger partial charge on any atom is -0.378 e. The molecule has 2 unspecified atom stereocenters. The number of hydrogen-bond acceptors (Lipinski definition) is 5. The summed E-state index contributed by atoms with van der Waals surface area (Å²) in [6, 6.07) is 5.11. The summed E-state index contributed by atoms with van der Waals surface area (Å²) in [7, 11) is 0.417. The van der Waals surface area contributed by atoms with Gasteiger partial charge in [-0.15, -0.1) is 0 Å². The number of imidazole rings is 1. The predicted octanol–water partition coefficient (Wildman–Crippen LogP) is 1.85. The molecule has 118 valence electrons. The Balaban J connectivity index is 2.38. The summed E-state index contributed by atoms with van der Waals surface area (Å²) >= 11 is 0. The third-order valence-electron chi connectivity index (χ3n) is 3.45. The summed E-state index contributed by atoms with van der Waals surface area (Å²) in [6.45, 7) is 3.66. The first-order valence-electron chi connectivity index (χ1n) is 6.69. The second-order valence-electron chi connectivity index (χ2n) is 4.85. The van der Waals surface area contributed by atoms with Gasteiger partial charge in [0.2, 0.25) is 5.82 Å². The average Bonchev–Trinajstić information content (AvgIpc) is 2.87. The van der Waals surface area contributed by atoms with Crippen LogP contribution in [-0.2, 0) is 17.8 Å². The Bertz CT molecular complexity index is 742. The number of benzene rings is 1. The van der Waals surface area contributed by atoms with E-state index in [1.807, 2.05) is 13.8 Å². The van der Waals surface area contributed by atoms with Gasteiger partial charge in [0, 0.05) is 10.6 Å². The number of nitrogens with zero attached hydrogens (tertiary/aromatic N) is 3. The van der Waals surface area contributed by atoms with Gasteiger partial charge in [-0.25, -0.2) is 9.55 Å². The highest BCUT2D eigenvalue weighted by molar-refractivity contribution is 7.85. The first-order valence-corrected chi connectivity index (χ1v) is 8.01. The average molecular weight is 323 g/mol. The van der Waals surface area contributed by atoms with Gasteiger partial charge in [0.15, 0.2) is 6.10 Å². The summed E-state index contributed by atoms with van der Waals surface area (Å²) in [6.07, 6.45) is 0.0351. The van der Waals surface area contributed by atoms with E-state index in [0.717, 1.165) is 16.7 Å². The smallest absolute Gasteiger partial charge is 0.342 e. The van der Waals surface area contributed by atoms with Crippen molar-refractivity contribution in [3.8, 4) is 0 Å². The van der Waals surface area contributed by atoms with Gasteiger partial charge in [0.25, 0.3) is 0 Å². The molecule has 0 bridgehead atoms. The number of aliphatic hydroxyl groups is 1. The molecule has 8 heteroatoms. The van der Waals surface area contributed by atoms with Gasteiger partial charge >= 0.3 is 5.82 Å². The molecule has 0 amide bonds. The van der Waals surface area contributed by atoms with Crippen molar-refractivity contribution < 1.29 is 14.2 Å². The summed E-state index contributed by atoms with van der Waals surface area (Å²) in [4.78, 5) is 14.9. The van der Waals surface area contributed by atoms with Crippen molar-refractivity contribution in [3.05, 3.63) is 51.5 Å². The number of hydrogen-bond donors (Lipinski definition) is 1. The summed E-state index contributed by atoms with van der Waals surface area (Å²) in [5.41, 5.74) is 1.36. The molecule has 2 aromatic rings. The van der Waals surface area contributed by atoms with E-state index in [1.54, 1.807) is 18.2 Å². The van der Waals surface area contributed by atoms with Crippen molar-refractivity contribution >= 4 is 16.6 Å². The molecule has 1 heterocycles. The van der Waals surface area contributed by atoms with E-state index in [2.05, 4.69) is 4.98 Å². The molecule has 2 rings (SSSR count). The van der Waals surface area contributed by atoms with Crippen LogP contribution in [0, 0.1) is 17.0 Å². The Labute approximate surface area is 130 Å². The molecule has 2 atom stereocenters. The van der Waals surface area contributed by atoms with Crippen molar-refractivity contribution in [2.24, 2.45) is 7.05 Å². The Morgan fingerprint density at radius 1 is 1.50 bits per heavy atom. The second-order valence-corrected chi connectivity index (χ2v) is 6.56. The molecule has 0 radical (unpaired) electrons. The minimum atomic E-state index is -1.08. The number of aryl methyl sites for hydroxylation is 1. The van der Waals surface area contributed by atoms with Crippen molar-refractivity contribution in [3.63, 3.8) is 0 Å². The quantitative estimate of drug-likeness (QED) is 0.669. The third kappa shape index (κ3) is 2.93. The lowest BCUT2D eigenvalue weighted by atomic mass is 10.1. The van der Waals surface area contributed by atoms with Crippen LogP contribution in [0.4, 0.5) is 5.82 Å². The molecule has 0 aliphatic rings. The molecule has 22 heavy (non-hydrogen) atoms. The van der Waals surface area contributed by atoms with Crippen molar-refractivity contribution in [1.29, 1.82) is 0 Å². The van der Waals surface area contributed by atoms with Crippen LogP contribution < -0.4 is 0 Å². The summed E-state index contributed by atoms with van der Waals surface area (Å²) in [5, 5.41) is 21.2. The van der Waals surface area contributed by atoms with E-state index in [4.69, 9.17) is 0 Å². The standard InChI is InChI=1S/C14H17N3O4S/c1-4-22(21)11-6-5-10(7-9(11)2)13(18)14-15-8-12(16(14)3)17(19)20/h5-8,13,18H,4H2,1-3H3.